The van der Waals surface area contributed by atoms with Gasteiger partial charge in [0.1, 0.15) is 18.0 Å². The molecule has 0 bridgehead atoms. The Morgan fingerprint density at radius 2 is 1.96 bits per heavy atom. The maximum atomic E-state index is 11.5. The Morgan fingerprint density at radius 3 is 2.62 bits per heavy atom. The molecule has 0 saturated carbocycles. The van der Waals surface area contributed by atoms with Gasteiger partial charge >= 0.3 is 6.09 Å². The second kappa shape index (κ2) is 9.52. The quantitative estimate of drug-likeness (QED) is 0.485. The first-order valence-electron chi connectivity index (χ1n) is 9.29. The van der Waals surface area contributed by atoms with Crippen LogP contribution >= 0.6 is 0 Å². The predicted molar refractivity (Wildman–Crippen MR) is 105 cm³/mol. The number of amides is 1. The number of nitrogen functional groups attached to an aromatic ring is 1. The molecule has 1 saturated heterocycles. The van der Waals surface area contributed by atoms with Crippen molar-refractivity contribution >= 4 is 17.5 Å². The molecule has 1 aromatic carbocycles. The van der Waals surface area contributed by atoms with Crippen LogP contribution in [0.25, 0.3) is 0 Å². The Labute approximate surface area is 156 Å². The fourth-order valence-corrected chi connectivity index (χ4v) is 2.78. The van der Waals surface area contributed by atoms with Crippen LogP contribution in [-0.4, -0.2) is 55.9 Å². The fourth-order valence-electron chi connectivity index (χ4n) is 2.78. The van der Waals surface area contributed by atoms with E-state index in [1.165, 1.54) is 25.9 Å². The van der Waals surface area contributed by atoms with Gasteiger partial charge in [0.2, 0.25) is 0 Å². The normalized spacial score (nSPS) is 14.9. The molecular formula is C19H32N4O3. The van der Waals surface area contributed by atoms with E-state index in [4.69, 9.17) is 15.2 Å². The first kappa shape index (κ1) is 20.2. The number of carbonyl (C=O) groups excluding carboxylic acids is 1. The lowest BCUT2D eigenvalue weighted by atomic mass is 10.2. The zero-order valence-corrected chi connectivity index (χ0v) is 16.1. The van der Waals surface area contributed by atoms with Gasteiger partial charge < -0.3 is 30.7 Å². The summed E-state index contributed by atoms with van der Waals surface area (Å²) in [6.45, 7) is 10.5. The number of alkyl carbamates (subject to hydrolysis) is 1. The zero-order chi connectivity index (χ0) is 19.0. The van der Waals surface area contributed by atoms with Crippen molar-refractivity contribution in [1.82, 2.24) is 10.2 Å². The molecule has 2 rings (SSSR count). The van der Waals surface area contributed by atoms with Crippen LogP contribution in [-0.2, 0) is 4.74 Å². The number of nitrogens with one attached hydrogen (secondary N) is 2. The van der Waals surface area contributed by atoms with Gasteiger partial charge in [-0.2, -0.15) is 0 Å². The van der Waals surface area contributed by atoms with E-state index in [0.29, 0.717) is 24.6 Å². The first-order valence-corrected chi connectivity index (χ1v) is 9.29. The molecule has 1 fully saturated rings. The van der Waals surface area contributed by atoms with Crippen LogP contribution in [0.5, 0.6) is 5.75 Å². The summed E-state index contributed by atoms with van der Waals surface area (Å²) in [5.74, 6) is 0.679. The van der Waals surface area contributed by atoms with Crippen LogP contribution in [0, 0.1) is 0 Å². The summed E-state index contributed by atoms with van der Waals surface area (Å²) in [6, 6.07) is 5.60. The number of carbonyl (C=O) groups is 1. The molecule has 0 atom stereocenters. The van der Waals surface area contributed by atoms with Crippen LogP contribution in [0.1, 0.15) is 33.6 Å². The van der Waals surface area contributed by atoms with Gasteiger partial charge in [-0.3, -0.25) is 0 Å². The van der Waals surface area contributed by atoms with Crippen molar-refractivity contribution in [1.29, 1.82) is 0 Å². The van der Waals surface area contributed by atoms with Gasteiger partial charge in [-0.15, -0.1) is 0 Å². The minimum absolute atomic E-state index is 0.348. The first-order chi connectivity index (χ1) is 12.3. The van der Waals surface area contributed by atoms with E-state index in [1.807, 2.05) is 32.9 Å². The van der Waals surface area contributed by atoms with E-state index in [-0.39, 0.29) is 0 Å². The van der Waals surface area contributed by atoms with E-state index in [9.17, 15) is 4.79 Å². The molecule has 1 heterocycles. The number of anilines is 2. The second-order valence-electron chi connectivity index (χ2n) is 7.50. The van der Waals surface area contributed by atoms with Crippen molar-refractivity contribution in [2.75, 3.05) is 50.4 Å². The number of benzene rings is 1. The third kappa shape index (κ3) is 7.39. The molecule has 0 spiro atoms. The Morgan fingerprint density at radius 1 is 1.23 bits per heavy atom. The van der Waals surface area contributed by atoms with Crippen LogP contribution in [0.3, 0.4) is 0 Å². The Hall–Kier alpha value is -2.15. The Kier molecular flexibility index (Phi) is 7.38. The molecular weight excluding hydrogens is 332 g/mol. The molecule has 0 radical (unpaired) electrons. The molecule has 1 aromatic rings. The van der Waals surface area contributed by atoms with Crippen LogP contribution < -0.4 is 21.1 Å². The number of hydrogen-bond donors (Lipinski definition) is 3. The topological polar surface area (TPSA) is 88.9 Å². The standard InChI is InChI=1S/C19H32N4O3/c1-19(2,3)26-18(24)22-9-13-25-15-6-7-17(16(20)14-15)21-8-12-23-10-4-5-11-23/h6-7,14,21H,4-5,8-13,20H2,1-3H3,(H,22,24). The van der Waals surface area contributed by atoms with Crippen LogP contribution in [0.4, 0.5) is 16.2 Å². The maximum Gasteiger partial charge on any atom is 0.407 e. The van der Waals surface area contributed by atoms with Crippen LogP contribution in [0.2, 0.25) is 0 Å². The number of nitrogens with two attached hydrogens (primary N) is 1. The van der Waals surface area contributed by atoms with Gasteiger partial charge in [0.05, 0.1) is 17.9 Å². The van der Waals surface area contributed by atoms with Gasteiger partial charge in [-0.1, -0.05) is 0 Å². The number of rotatable bonds is 8. The summed E-state index contributed by atoms with van der Waals surface area (Å²) < 4.78 is 10.8. The Bertz CT molecular complexity index is 581. The fraction of sp³-hybridized carbons (Fsp3) is 0.632. The summed E-state index contributed by atoms with van der Waals surface area (Å²) in [6.07, 6.45) is 2.16. The molecule has 7 nitrogen and oxygen atoms in total. The van der Waals surface area contributed by atoms with E-state index < -0.39 is 11.7 Å². The molecule has 7 heteroatoms. The van der Waals surface area contributed by atoms with Crippen molar-refractivity contribution in [3.8, 4) is 5.75 Å². The average Bonchev–Trinajstić information content (AvgIpc) is 3.05. The van der Waals surface area contributed by atoms with Crippen molar-refractivity contribution in [2.24, 2.45) is 0 Å². The van der Waals surface area contributed by atoms with Gasteiger partial charge in [-0.25, -0.2) is 4.79 Å². The van der Waals surface area contributed by atoms with E-state index >= 15 is 0 Å². The average molecular weight is 364 g/mol. The van der Waals surface area contributed by atoms with Crippen molar-refractivity contribution in [3.63, 3.8) is 0 Å². The van der Waals surface area contributed by atoms with Gasteiger partial charge in [0, 0.05) is 19.2 Å². The number of hydrogen-bond acceptors (Lipinski definition) is 6. The summed E-state index contributed by atoms with van der Waals surface area (Å²) in [5.41, 5.74) is 7.16. The Balaban J connectivity index is 1.67. The van der Waals surface area contributed by atoms with Crippen molar-refractivity contribution in [3.05, 3.63) is 18.2 Å². The van der Waals surface area contributed by atoms with Crippen molar-refractivity contribution in [2.45, 2.75) is 39.2 Å². The zero-order valence-electron chi connectivity index (χ0n) is 16.1. The van der Waals surface area contributed by atoms with E-state index in [1.54, 1.807) is 6.07 Å². The largest absolute Gasteiger partial charge is 0.492 e. The molecule has 1 aliphatic rings. The molecule has 4 N–H and O–H groups in total. The minimum Gasteiger partial charge on any atom is -0.492 e. The van der Waals surface area contributed by atoms with Gasteiger partial charge in [0.25, 0.3) is 0 Å². The molecule has 1 amide bonds. The molecule has 26 heavy (non-hydrogen) atoms. The predicted octanol–water partition coefficient (Wildman–Crippen LogP) is 2.68. The smallest absolute Gasteiger partial charge is 0.407 e. The summed E-state index contributed by atoms with van der Waals surface area (Å²) in [5, 5.41) is 6.03. The van der Waals surface area contributed by atoms with Gasteiger partial charge in [-0.05, 0) is 58.8 Å². The van der Waals surface area contributed by atoms with E-state index in [0.717, 1.165) is 18.8 Å². The molecule has 146 valence electrons. The number of ether oxygens (including phenoxy) is 2. The number of nitrogens with zero attached hydrogens (tertiary/aromatic N) is 1. The molecule has 1 aliphatic heterocycles. The summed E-state index contributed by atoms with van der Waals surface area (Å²) in [7, 11) is 0. The molecule has 0 aliphatic carbocycles. The van der Waals surface area contributed by atoms with Crippen molar-refractivity contribution < 1.29 is 14.3 Å². The summed E-state index contributed by atoms with van der Waals surface area (Å²) in [4.78, 5) is 14.0. The highest BCUT2D eigenvalue weighted by molar-refractivity contribution is 5.68. The third-order valence-corrected chi connectivity index (χ3v) is 4.00. The minimum atomic E-state index is -0.503. The van der Waals surface area contributed by atoms with Crippen LogP contribution in [0.15, 0.2) is 18.2 Å². The molecule has 0 aromatic heterocycles. The highest BCUT2D eigenvalue weighted by Crippen LogP contribution is 2.24. The second-order valence-corrected chi connectivity index (χ2v) is 7.50. The maximum absolute atomic E-state index is 11.5. The highest BCUT2D eigenvalue weighted by atomic mass is 16.6. The lowest BCUT2D eigenvalue weighted by Gasteiger charge is -2.19. The monoisotopic (exact) mass is 364 g/mol. The van der Waals surface area contributed by atoms with Gasteiger partial charge in [0.15, 0.2) is 0 Å². The van der Waals surface area contributed by atoms with E-state index in [2.05, 4.69) is 15.5 Å². The lowest BCUT2D eigenvalue weighted by Crippen LogP contribution is -2.34. The highest BCUT2D eigenvalue weighted by Gasteiger charge is 2.15. The lowest BCUT2D eigenvalue weighted by molar-refractivity contribution is 0.0520. The SMILES string of the molecule is CC(C)(C)OC(=O)NCCOc1ccc(NCCN2CCCC2)c(N)c1. The molecule has 0 unspecified atom stereocenters. The number of likely N-dealkylation sites (tertiary alicyclic amines) is 1. The third-order valence-electron chi connectivity index (χ3n) is 4.00. The summed E-state index contributed by atoms with van der Waals surface area (Å²) >= 11 is 0.